The minimum atomic E-state index is 0.248. The van der Waals surface area contributed by atoms with Gasteiger partial charge in [0.2, 0.25) is 11.9 Å². The van der Waals surface area contributed by atoms with Gasteiger partial charge in [-0.2, -0.15) is 0 Å². The number of carbonyl (C=O) groups excluding carboxylic acids is 1. The summed E-state index contributed by atoms with van der Waals surface area (Å²) in [5.41, 5.74) is 2.18. The minimum Gasteiger partial charge on any atom is -0.494 e. The second kappa shape index (κ2) is 10.1. The molecule has 2 aromatic rings. The number of anilines is 1. The molecule has 33 heavy (non-hydrogen) atoms. The molecule has 5 rings (SSSR count). The molecule has 6 nitrogen and oxygen atoms in total. The van der Waals surface area contributed by atoms with E-state index in [1.807, 2.05) is 48.5 Å². The zero-order valence-corrected chi connectivity index (χ0v) is 19.8. The van der Waals surface area contributed by atoms with Crippen LogP contribution < -0.4 is 9.64 Å². The molecule has 2 saturated heterocycles. The van der Waals surface area contributed by atoms with Gasteiger partial charge in [-0.1, -0.05) is 12.1 Å². The lowest BCUT2D eigenvalue weighted by Crippen LogP contribution is -2.35. The lowest BCUT2D eigenvalue weighted by atomic mass is 9.90. The lowest BCUT2D eigenvalue weighted by Gasteiger charge is -2.32. The molecule has 1 aromatic heterocycles. The second-order valence-electron chi connectivity index (χ2n) is 10.1. The van der Waals surface area contributed by atoms with Crippen molar-refractivity contribution in [2.45, 2.75) is 51.9 Å². The Balaban J connectivity index is 0.995. The van der Waals surface area contributed by atoms with Gasteiger partial charge in [-0.25, -0.2) is 9.97 Å². The number of aromatic nitrogens is 2. The van der Waals surface area contributed by atoms with E-state index in [0.29, 0.717) is 6.42 Å². The highest BCUT2D eigenvalue weighted by Gasteiger charge is 2.43. The van der Waals surface area contributed by atoms with Gasteiger partial charge in [0.15, 0.2) is 0 Å². The number of rotatable bonds is 8. The summed E-state index contributed by atoms with van der Waals surface area (Å²) < 4.78 is 6.02. The molecule has 1 aliphatic carbocycles. The zero-order chi connectivity index (χ0) is 22.6. The zero-order valence-electron chi connectivity index (χ0n) is 19.8. The van der Waals surface area contributed by atoms with Crippen molar-refractivity contribution in [1.29, 1.82) is 0 Å². The Labute approximate surface area is 197 Å². The first-order valence-electron chi connectivity index (χ1n) is 12.7. The molecule has 176 valence electrons. The van der Waals surface area contributed by atoms with Crippen molar-refractivity contribution in [2.75, 3.05) is 37.7 Å². The van der Waals surface area contributed by atoms with Crippen LogP contribution in [0.5, 0.6) is 5.75 Å². The summed E-state index contributed by atoms with van der Waals surface area (Å²) in [6.45, 7) is 6.79. The summed E-state index contributed by atoms with van der Waals surface area (Å²) in [6, 6.07) is 8.10. The summed E-state index contributed by atoms with van der Waals surface area (Å²) >= 11 is 0. The van der Waals surface area contributed by atoms with E-state index in [2.05, 4.69) is 14.9 Å². The Bertz CT molecular complexity index is 916. The molecule has 0 radical (unpaired) electrons. The van der Waals surface area contributed by atoms with Gasteiger partial charge < -0.3 is 14.5 Å². The van der Waals surface area contributed by atoms with Crippen LogP contribution in [0.25, 0.3) is 0 Å². The lowest BCUT2D eigenvalue weighted by molar-refractivity contribution is -0.129. The van der Waals surface area contributed by atoms with Crippen LogP contribution in [0.15, 0.2) is 36.7 Å². The van der Waals surface area contributed by atoms with Gasteiger partial charge in [0.05, 0.1) is 13.0 Å². The molecule has 1 amide bonds. The molecule has 3 aliphatic rings. The topological polar surface area (TPSA) is 58.6 Å². The standard InChI is InChI=1S/C27H36N4O2/c1-20-18-28-27(29-19-20)31-13-8-22(9-14-31)25-17-23(25)10-15-33-24-6-4-21(5-7-24)16-26(32)30-11-2-3-12-30/h4-7,18-19,22-23,25H,2-3,8-17H2,1H3. The van der Waals surface area contributed by atoms with Crippen LogP contribution >= 0.6 is 0 Å². The van der Waals surface area contributed by atoms with E-state index in [4.69, 9.17) is 4.74 Å². The number of aryl methyl sites for hydroxylation is 1. The highest BCUT2D eigenvalue weighted by molar-refractivity contribution is 5.79. The first kappa shape index (κ1) is 22.2. The van der Waals surface area contributed by atoms with Crippen molar-refractivity contribution in [3.8, 4) is 5.75 Å². The fraction of sp³-hybridized carbons (Fsp3) is 0.593. The van der Waals surface area contributed by atoms with E-state index in [1.54, 1.807) is 0 Å². The number of carbonyl (C=O) groups is 1. The maximum atomic E-state index is 12.3. The Morgan fingerprint density at radius 1 is 1.03 bits per heavy atom. The van der Waals surface area contributed by atoms with Crippen LogP contribution in [0.1, 0.15) is 49.7 Å². The molecule has 6 heteroatoms. The highest BCUT2D eigenvalue weighted by atomic mass is 16.5. The van der Waals surface area contributed by atoms with Crippen molar-refractivity contribution >= 4 is 11.9 Å². The van der Waals surface area contributed by atoms with E-state index >= 15 is 0 Å². The normalized spacial score (nSPS) is 23.1. The van der Waals surface area contributed by atoms with Crippen molar-refractivity contribution in [3.05, 3.63) is 47.8 Å². The molecular formula is C27H36N4O2. The third kappa shape index (κ3) is 5.66. The number of ether oxygens (including phenoxy) is 1. The third-order valence-corrected chi connectivity index (χ3v) is 7.67. The number of likely N-dealkylation sites (tertiary alicyclic amines) is 1. The maximum Gasteiger partial charge on any atom is 0.226 e. The molecule has 0 spiro atoms. The van der Waals surface area contributed by atoms with Crippen LogP contribution in [-0.2, 0) is 11.2 Å². The number of nitrogens with zero attached hydrogens (tertiary/aromatic N) is 4. The van der Waals surface area contributed by atoms with Crippen LogP contribution in [0.3, 0.4) is 0 Å². The monoisotopic (exact) mass is 448 g/mol. The Morgan fingerprint density at radius 2 is 1.73 bits per heavy atom. The average molecular weight is 449 g/mol. The quantitative estimate of drug-likeness (QED) is 0.604. The average Bonchev–Trinajstić information content (AvgIpc) is 3.39. The predicted molar refractivity (Wildman–Crippen MR) is 129 cm³/mol. The van der Waals surface area contributed by atoms with Crippen molar-refractivity contribution in [1.82, 2.24) is 14.9 Å². The van der Waals surface area contributed by atoms with Crippen LogP contribution in [0.4, 0.5) is 5.95 Å². The number of amides is 1. The van der Waals surface area contributed by atoms with Gasteiger partial charge in [-0.15, -0.1) is 0 Å². The SMILES string of the molecule is Cc1cnc(N2CCC(C3CC3CCOc3ccc(CC(=O)N4CCCC4)cc3)CC2)nc1. The summed E-state index contributed by atoms with van der Waals surface area (Å²) in [5, 5.41) is 0. The van der Waals surface area contributed by atoms with E-state index in [1.165, 1.54) is 19.3 Å². The molecular weight excluding hydrogens is 412 g/mol. The second-order valence-corrected chi connectivity index (χ2v) is 10.1. The fourth-order valence-corrected chi connectivity index (χ4v) is 5.54. The van der Waals surface area contributed by atoms with E-state index < -0.39 is 0 Å². The molecule has 2 atom stereocenters. The Morgan fingerprint density at radius 3 is 2.42 bits per heavy atom. The van der Waals surface area contributed by atoms with Crippen molar-refractivity contribution in [2.24, 2.45) is 17.8 Å². The van der Waals surface area contributed by atoms with Crippen molar-refractivity contribution < 1.29 is 9.53 Å². The first-order chi connectivity index (χ1) is 16.2. The van der Waals surface area contributed by atoms with Crippen LogP contribution in [-0.4, -0.2) is 53.6 Å². The molecule has 1 aromatic carbocycles. The largest absolute Gasteiger partial charge is 0.494 e. The van der Waals surface area contributed by atoms with Crippen molar-refractivity contribution in [3.63, 3.8) is 0 Å². The molecule has 0 bridgehead atoms. The number of hydrogen-bond acceptors (Lipinski definition) is 5. The van der Waals surface area contributed by atoms with Crippen LogP contribution in [0.2, 0.25) is 0 Å². The van der Waals surface area contributed by atoms with Gasteiger partial charge >= 0.3 is 0 Å². The molecule has 0 N–H and O–H groups in total. The Kier molecular flexibility index (Phi) is 6.79. The third-order valence-electron chi connectivity index (χ3n) is 7.67. The summed E-state index contributed by atoms with van der Waals surface area (Å²) in [4.78, 5) is 25.6. The van der Waals surface area contributed by atoms with E-state index in [0.717, 1.165) is 92.6 Å². The smallest absolute Gasteiger partial charge is 0.226 e. The van der Waals surface area contributed by atoms with Gasteiger partial charge in [-0.3, -0.25) is 4.79 Å². The van der Waals surface area contributed by atoms with Gasteiger partial charge in [0.1, 0.15) is 5.75 Å². The molecule has 2 unspecified atom stereocenters. The van der Waals surface area contributed by atoms with Crippen LogP contribution in [0, 0.1) is 24.7 Å². The fourth-order valence-electron chi connectivity index (χ4n) is 5.54. The first-order valence-corrected chi connectivity index (χ1v) is 12.7. The summed E-state index contributed by atoms with van der Waals surface area (Å²) in [6.07, 6.45) is 11.6. The summed E-state index contributed by atoms with van der Waals surface area (Å²) in [7, 11) is 0. The van der Waals surface area contributed by atoms with Gasteiger partial charge in [-0.05, 0) is 86.5 Å². The molecule has 3 fully saturated rings. The summed E-state index contributed by atoms with van der Waals surface area (Å²) in [5.74, 6) is 4.56. The number of piperidine rings is 1. The number of benzene rings is 1. The molecule has 3 heterocycles. The number of hydrogen-bond donors (Lipinski definition) is 0. The van der Waals surface area contributed by atoms with E-state index in [9.17, 15) is 4.79 Å². The predicted octanol–water partition coefficient (Wildman–Crippen LogP) is 4.27. The molecule has 1 saturated carbocycles. The maximum absolute atomic E-state index is 12.3. The minimum absolute atomic E-state index is 0.248. The Hall–Kier alpha value is -2.63. The molecule has 2 aliphatic heterocycles. The highest BCUT2D eigenvalue weighted by Crippen LogP contribution is 2.49. The van der Waals surface area contributed by atoms with Gasteiger partial charge in [0.25, 0.3) is 0 Å². The van der Waals surface area contributed by atoms with Gasteiger partial charge in [0, 0.05) is 38.6 Å². The van der Waals surface area contributed by atoms with E-state index in [-0.39, 0.29) is 5.91 Å².